The zero-order valence-electron chi connectivity index (χ0n) is 17.2. The topological polar surface area (TPSA) is 62.6 Å². The summed E-state index contributed by atoms with van der Waals surface area (Å²) in [5, 5.41) is 2.97. The third-order valence-corrected chi connectivity index (χ3v) is 6.64. The van der Waals surface area contributed by atoms with Crippen molar-refractivity contribution in [3.05, 3.63) is 24.2 Å². The minimum atomic E-state index is -0.590. The van der Waals surface area contributed by atoms with Crippen LogP contribution in [0.15, 0.2) is 23.0 Å². The maximum atomic E-state index is 13.1. The second-order valence-electron chi connectivity index (χ2n) is 7.90. The number of hydrogen-bond donors (Lipinski definition) is 1. The van der Waals surface area contributed by atoms with Crippen molar-refractivity contribution < 1.29 is 14.0 Å². The molecule has 7 heteroatoms. The number of hydrogen-bond acceptors (Lipinski definition) is 5. The molecule has 1 N–H and O–H groups in total. The van der Waals surface area contributed by atoms with Gasteiger partial charge in [0.15, 0.2) is 0 Å². The fraction of sp³-hybridized carbons (Fsp3) is 0.667. The lowest BCUT2D eigenvalue weighted by molar-refractivity contribution is -0.134. The van der Waals surface area contributed by atoms with E-state index >= 15 is 0 Å². The summed E-state index contributed by atoms with van der Waals surface area (Å²) in [5.41, 5.74) is 0.879. The fourth-order valence-electron chi connectivity index (χ4n) is 3.30. The van der Waals surface area contributed by atoms with Crippen molar-refractivity contribution in [1.29, 1.82) is 0 Å². The molecule has 1 atom stereocenters. The van der Waals surface area contributed by atoms with E-state index in [2.05, 4.69) is 12.2 Å². The van der Waals surface area contributed by atoms with E-state index in [4.69, 9.17) is 16.6 Å². The maximum Gasteiger partial charge on any atom is 0.252 e. The highest BCUT2D eigenvalue weighted by Crippen LogP contribution is 2.37. The number of thiocarbonyl (C=S) groups is 1. The SMILES string of the molecule is CCCCCCCCCC(=O)NC1C(=O)N(Cc2ccoc2)C(=S)SC1(C)C. The van der Waals surface area contributed by atoms with Crippen LogP contribution in [0.5, 0.6) is 0 Å². The summed E-state index contributed by atoms with van der Waals surface area (Å²) in [7, 11) is 0. The average molecular weight is 425 g/mol. The quantitative estimate of drug-likeness (QED) is 0.398. The predicted octanol–water partition coefficient (Wildman–Crippen LogP) is 5.04. The molecule has 1 aliphatic heterocycles. The van der Waals surface area contributed by atoms with Gasteiger partial charge in [0.1, 0.15) is 10.4 Å². The largest absolute Gasteiger partial charge is 0.472 e. The average Bonchev–Trinajstić information content (AvgIpc) is 3.14. The number of nitrogens with zero attached hydrogens (tertiary/aromatic N) is 1. The fourth-order valence-corrected chi connectivity index (χ4v) is 5.09. The number of carbonyl (C=O) groups is 2. The van der Waals surface area contributed by atoms with Crippen molar-refractivity contribution >= 4 is 40.1 Å². The van der Waals surface area contributed by atoms with Gasteiger partial charge in [-0.25, -0.2) is 0 Å². The van der Waals surface area contributed by atoms with E-state index in [1.807, 2.05) is 19.9 Å². The first kappa shape index (κ1) is 22.9. The van der Waals surface area contributed by atoms with E-state index in [0.717, 1.165) is 18.4 Å². The molecule has 1 unspecified atom stereocenters. The molecule has 0 aromatic carbocycles. The first-order valence-corrected chi connectivity index (χ1v) is 11.4. The molecule has 2 heterocycles. The third kappa shape index (κ3) is 6.62. The Morgan fingerprint density at radius 1 is 1.25 bits per heavy atom. The minimum absolute atomic E-state index is 0.0586. The minimum Gasteiger partial charge on any atom is -0.472 e. The van der Waals surface area contributed by atoms with Crippen LogP contribution in [0.2, 0.25) is 0 Å². The lowest BCUT2D eigenvalue weighted by Crippen LogP contribution is -2.61. The van der Waals surface area contributed by atoms with Crippen LogP contribution in [-0.4, -0.2) is 31.8 Å². The highest BCUT2D eigenvalue weighted by atomic mass is 32.2. The molecule has 0 bridgehead atoms. The van der Waals surface area contributed by atoms with Crippen molar-refractivity contribution in [3.8, 4) is 0 Å². The van der Waals surface area contributed by atoms with Crippen LogP contribution < -0.4 is 5.32 Å². The van der Waals surface area contributed by atoms with Crippen molar-refractivity contribution in [3.63, 3.8) is 0 Å². The van der Waals surface area contributed by atoms with Crippen LogP contribution in [0, 0.1) is 0 Å². The summed E-state index contributed by atoms with van der Waals surface area (Å²) in [4.78, 5) is 27.1. The summed E-state index contributed by atoms with van der Waals surface area (Å²) in [6.07, 6.45) is 11.8. The summed E-state index contributed by atoms with van der Waals surface area (Å²) in [6.45, 7) is 6.48. The number of thioether (sulfide) groups is 1. The molecule has 0 radical (unpaired) electrons. The van der Waals surface area contributed by atoms with Crippen LogP contribution in [0.1, 0.15) is 77.7 Å². The van der Waals surface area contributed by atoms with Crippen molar-refractivity contribution in [2.45, 2.75) is 89.5 Å². The van der Waals surface area contributed by atoms with Gasteiger partial charge in [-0.15, -0.1) is 0 Å². The Hall–Kier alpha value is -1.34. The van der Waals surface area contributed by atoms with Gasteiger partial charge >= 0.3 is 0 Å². The highest BCUT2D eigenvalue weighted by molar-refractivity contribution is 8.24. The molecule has 28 heavy (non-hydrogen) atoms. The van der Waals surface area contributed by atoms with Gasteiger partial charge in [0.25, 0.3) is 5.91 Å². The van der Waals surface area contributed by atoms with E-state index in [1.165, 1.54) is 43.9 Å². The van der Waals surface area contributed by atoms with Gasteiger partial charge in [-0.05, 0) is 26.3 Å². The summed E-state index contributed by atoms with van der Waals surface area (Å²) in [6, 6.07) is 1.22. The normalized spacial score (nSPS) is 19.1. The standard InChI is InChI=1S/C21H32N2O3S2/c1-4-5-6-7-8-9-10-11-17(24)22-18-19(25)23(14-16-12-13-26-15-16)20(27)28-21(18,2)3/h12-13,15,18H,4-11,14H2,1-3H3,(H,22,24). The maximum absolute atomic E-state index is 13.1. The molecular weight excluding hydrogens is 392 g/mol. The van der Waals surface area contributed by atoms with Gasteiger partial charge in [0.2, 0.25) is 5.91 Å². The molecule has 1 aromatic heterocycles. The Kier molecular flexibility index (Phi) is 9.02. The molecule has 2 rings (SSSR count). The van der Waals surface area contributed by atoms with Gasteiger partial charge in [-0.2, -0.15) is 0 Å². The molecule has 1 fully saturated rings. The molecule has 0 spiro atoms. The number of unbranched alkanes of at least 4 members (excludes halogenated alkanes) is 6. The number of furan rings is 1. The van der Waals surface area contributed by atoms with E-state index < -0.39 is 10.8 Å². The molecule has 1 aromatic rings. The Balaban J connectivity index is 1.86. The Morgan fingerprint density at radius 3 is 2.57 bits per heavy atom. The lowest BCUT2D eigenvalue weighted by atomic mass is 10.0. The number of amides is 2. The van der Waals surface area contributed by atoms with Crippen molar-refractivity contribution in [2.24, 2.45) is 0 Å². The lowest BCUT2D eigenvalue weighted by Gasteiger charge is -2.42. The van der Waals surface area contributed by atoms with Gasteiger partial charge in [0, 0.05) is 16.7 Å². The molecule has 0 aliphatic carbocycles. The van der Waals surface area contributed by atoms with Crippen molar-refractivity contribution in [2.75, 3.05) is 0 Å². The van der Waals surface area contributed by atoms with Gasteiger partial charge in [0.05, 0.1) is 19.1 Å². The highest BCUT2D eigenvalue weighted by Gasteiger charge is 2.46. The Morgan fingerprint density at radius 2 is 1.93 bits per heavy atom. The second-order valence-corrected chi connectivity index (χ2v) is 10.2. The van der Waals surface area contributed by atoms with Crippen LogP contribution in [-0.2, 0) is 16.1 Å². The molecule has 156 valence electrons. The third-order valence-electron chi connectivity index (χ3n) is 5.01. The van der Waals surface area contributed by atoms with Crippen LogP contribution >= 0.6 is 24.0 Å². The Bertz CT molecular complexity index is 659. The molecule has 1 aliphatic rings. The summed E-state index contributed by atoms with van der Waals surface area (Å²) >= 11 is 6.90. The number of carbonyl (C=O) groups excluding carboxylic acids is 2. The molecule has 5 nitrogen and oxygen atoms in total. The van der Waals surface area contributed by atoms with Crippen LogP contribution in [0.25, 0.3) is 0 Å². The number of nitrogens with one attached hydrogen (secondary N) is 1. The van der Waals surface area contributed by atoms with E-state index in [-0.39, 0.29) is 11.8 Å². The van der Waals surface area contributed by atoms with Crippen molar-refractivity contribution in [1.82, 2.24) is 10.2 Å². The smallest absolute Gasteiger partial charge is 0.252 e. The predicted molar refractivity (Wildman–Crippen MR) is 118 cm³/mol. The van der Waals surface area contributed by atoms with E-state index in [1.54, 1.807) is 17.4 Å². The first-order chi connectivity index (χ1) is 13.3. The Labute approximate surface area is 178 Å². The zero-order valence-corrected chi connectivity index (χ0v) is 18.8. The van der Waals surface area contributed by atoms with E-state index in [0.29, 0.717) is 17.3 Å². The first-order valence-electron chi connectivity index (χ1n) is 10.2. The zero-order chi connectivity index (χ0) is 20.6. The van der Waals surface area contributed by atoms with Gasteiger partial charge in [-0.1, -0.05) is 69.4 Å². The van der Waals surface area contributed by atoms with Gasteiger partial charge in [-0.3, -0.25) is 14.5 Å². The molecular formula is C21H32N2O3S2. The second kappa shape index (κ2) is 11.0. The molecule has 0 saturated carbocycles. The van der Waals surface area contributed by atoms with Crippen LogP contribution in [0.3, 0.4) is 0 Å². The molecule has 1 saturated heterocycles. The van der Waals surface area contributed by atoms with Gasteiger partial charge < -0.3 is 9.73 Å². The molecule has 2 amide bonds. The van der Waals surface area contributed by atoms with E-state index in [9.17, 15) is 9.59 Å². The summed E-state index contributed by atoms with van der Waals surface area (Å²) in [5.74, 6) is -0.209. The summed E-state index contributed by atoms with van der Waals surface area (Å²) < 4.78 is 5.15. The monoisotopic (exact) mass is 424 g/mol. The van der Waals surface area contributed by atoms with Crippen LogP contribution in [0.4, 0.5) is 0 Å². The number of rotatable bonds is 11.